The molecule has 1 aromatic rings. The number of sulfonamides is 1. The molecule has 0 aliphatic heterocycles. The SMILES string of the molecule is CSC(C)CCNS(=O)(=O)c1cc(CNC(C)C)cs1. The van der Waals surface area contributed by atoms with E-state index in [0.29, 0.717) is 28.6 Å². The van der Waals surface area contributed by atoms with Crippen molar-refractivity contribution in [2.75, 3.05) is 12.8 Å². The van der Waals surface area contributed by atoms with Gasteiger partial charge in [-0.05, 0) is 29.7 Å². The van der Waals surface area contributed by atoms with Gasteiger partial charge >= 0.3 is 0 Å². The molecule has 0 aliphatic rings. The molecule has 4 nitrogen and oxygen atoms in total. The first-order chi connectivity index (χ1) is 9.35. The Morgan fingerprint density at radius 3 is 2.65 bits per heavy atom. The summed E-state index contributed by atoms with van der Waals surface area (Å²) < 4.78 is 27.3. The van der Waals surface area contributed by atoms with Crippen LogP contribution in [-0.4, -0.2) is 32.5 Å². The van der Waals surface area contributed by atoms with Crippen LogP contribution in [0.25, 0.3) is 0 Å². The maximum absolute atomic E-state index is 12.1. The van der Waals surface area contributed by atoms with E-state index in [2.05, 4.69) is 30.8 Å². The maximum Gasteiger partial charge on any atom is 0.250 e. The highest BCUT2D eigenvalue weighted by atomic mass is 32.2. The lowest BCUT2D eigenvalue weighted by molar-refractivity contribution is 0.580. The molecule has 0 aliphatic carbocycles. The van der Waals surface area contributed by atoms with E-state index < -0.39 is 10.0 Å². The molecule has 0 amide bonds. The van der Waals surface area contributed by atoms with Gasteiger partial charge in [-0.3, -0.25) is 0 Å². The van der Waals surface area contributed by atoms with Gasteiger partial charge in [0.05, 0.1) is 0 Å². The Balaban J connectivity index is 2.55. The van der Waals surface area contributed by atoms with Gasteiger partial charge in [0.2, 0.25) is 10.0 Å². The summed E-state index contributed by atoms with van der Waals surface area (Å²) >= 11 is 3.02. The van der Waals surface area contributed by atoms with Crippen LogP contribution in [0.4, 0.5) is 0 Å². The zero-order chi connectivity index (χ0) is 15.2. The molecule has 7 heteroatoms. The summed E-state index contributed by atoms with van der Waals surface area (Å²) in [5.41, 5.74) is 1.02. The molecule has 1 atom stereocenters. The fourth-order valence-corrected chi connectivity index (χ4v) is 4.15. The molecule has 1 aromatic heterocycles. The molecule has 0 spiro atoms. The third kappa shape index (κ3) is 6.13. The van der Waals surface area contributed by atoms with Crippen molar-refractivity contribution >= 4 is 33.1 Å². The molecule has 0 fully saturated rings. The Morgan fingerprint density at radius 2 is 2.05 bits per heavy atom. The third-order valence-corrected chi connectivity index (χ3v) is 6.84. The Labute approximate surface area is 130 Å². The van der Waals surface area contributed by atoms with E-state index in [1.165, 1.54) is 11.3 Å². The van der Waals surface area contributed by atoms with E-state index in [0.717, 1.165) is 12.0 Å². The minimum Gasteiger partial charge on any atom is -0.310 e. The lowest BCUT2D eigenvalue weighted by Crippen LogP contribution is -2.25. The number of nitrogens with one attached hydrogen (secondary N) is 2. The quantitative estimate of drug-likeness (QED) is 0.728. The van der Waals surface area contributed by atoms with Gasteiger partial charge in [0.25, 0.3) is 0 Å². The van der Waals surface area contributed by atoms with Crippen molar-refractivity contribution in [3.63, 3.8) is 0 Å². The normalized spacial score (nSPS) is 13.8. The Kier molecular flexibility index (Phi) is 7.53. The zero-order valence-corrected chi connectivity index (χ0v) is 14.9. The Hall–Kier alpha value is -0.0800. The number of thioether (sulfide) groups is 1. The summed E-state index contributed by atoms with van der Waals surface area (Å²) in [6.07, 6.45) is 2.87. The summed E-state index contributed by atoms with van der Waals surface area (Å²) in [6.45, 7) is 7.42. The number of thiophene rings is 1. The van der Waals surface area contributed by atoms with Crippen molar-refractivity contribution in [1.29, 1.82) is 0 Å². The maximum atomic E-state index is 12.1. The van der Waals surface area contributed by atoms with E-state index in [9.17, 15) is 8.42 Å². The fraction of sp³-hybridized carbons (Fsp3) is 0.692. The Bertz CT molecular complexity index is 497. The monoisotopic (exact) mass is 336 g/mol. The van der Waals surface area contributed by atoms with E-state index >= 15 is 0 Å². The van der Waals surface area contributed by atoms with Gasteiger partial charge in [-0.1, -0.05) is 20.8 Å². The lowest BCUT2D eigenvalue weighted by atomic mass is 10.3. The third-order valence-electron chi connectivity index (χ3n) is 2.85. The van der Waals surface area contributed by atoms with Crippen LogP contribution < -0.4 is 10.0 Å². The van der Waals surface area contributed by atoms with Gasteiger partial charge < -0.3 is 5.32 Å². The number of hydrogen-bond acceptors (Lipinski definition) is 5. The van der Waals surface area contributed by atoms with Gasteiger partial charge in [-0.25, -0.2) is 13.1 Å². The van der Waals surface area contributed by atoms with Crippen molar-refractivity contribution in [3.05, 3.63) is 17.0 Å². The minimum absolute atomic E-state index is 0.390. The van der Waals surface area contributed by atoms with Crippen molar-refractivity contribution < 1.29 is 8.42 Å². The van der Waals surface area contributed by atoms with Crippen molar-refractivity contribution in [2.24, 2.45) is 0 Å². The highest BCUT2D eigenvalue weighted by molar-refractivity contribution is 7.99. The second kappa shape index (κ2) is 8.38. The lowest BCUT2D eigenvalue weighted by Gasteiger charge is -2.08. The molecular weight excluding hydrogens is 312 g/mol. The highest BCUT2D eigenvalue weighted by Gasteiger charge is 2.16. The first-order valence-corrected chi connectivity index (χ1v) is 10.3. The molecule has 0 radical (unpaired) electrons. The standard InChI is InChI=1S/C13H24N2O2S3/c1-10(2)14-8-12-7-13(19-9-12)20(16,17)15-6-5-11(3)18-4/h7,9-11,14-15H,5-6,8H2,1-4H3. The van der Waals surface area contributed by atoms with Crippen molar-refractivity contribution in [1.82, 2.24) is 10.0 Å². The Morgan fingerprint density at radius 1 is 1.35 bits per heavy atom. The zero-order valence-electron chi connectivity index (χ0n) is 12.5. The van der Waals surface area contributed by atoms with Crippen LogP contribution in [0.2, 0.25) is 0 Å². The summed E-state index contributed by atoms with van der Waals surface area (Å²) in [7, 11) is -3.35. The van der Waals surface area contributed by atoms with Crippen LogP contribution in [0.1, 0.15) is 32.8 Å². The van der Waals surface area contributed by atoms with Crippen molar-refractivity contribution in [3.8, 4) is 0 Å². The summed E-state index contributed by atoms with van der Waals surface area (Å²) in [6, 6.07) is 2.14. The number of hydrogen-bond donors (Lipinski definition) is 2. The summed E-state index contributed by atoms with van der Waals surface area (Å²) in [5, 5.41) is 5.64. The smallest absolute Gasteiger partial charge is 0.250 e. The second-order valence-corrected chi connectivity index (χ2v) is 9.22. The summed E-state index contributed by atoms with van der Waals surface area (Å²) in [5.74, 6) is 0. The molecule has 0 saturated carbocycles. The van der Waals surface area contributed by atoms with Crippen LogP contribution in [0, 0.1) is 0 Å². The van der Waals surface area contributed by atoms with E-state index in [1.807, 2.05) is 11.6 Å². The molecule has 0 saturated heterocycles. The van der Waals surface area contributed by atoms with Crippen LogP contribution in [0.5, 0.6) is 0 Å². The van der Waals surface area contributed by atoms with Gasteiger partial charge in [0, 0.05) is 24.4 Å². The predicted molar refractivity (Wildman–Crippen MR) is 89.1 cm³/mol. The largest absolute Gasteiger partial charge is 0.310 e. The molecule has 116 valence electrons. The van der Waals surface area contributed by atoms with E-state index in [-0.39, 0.29) is 0 Å². The molecule has 20 heavy (non-hydrogen) atoms. The van der Waals surface area contributed by atoms with E-state index in [4.69, 9.17) is 0 Å². The van der Waals surface area contributed by atoms with Gasteiger partial charge in [-0.2, -0.15) is 11.8 Å². The predicted octanol–water partition coefficient (Wildman–Crippen LogP) is 2.67. The molecule has 1 rings (SSSR count). The topological polar surface area (TPSA) is 58.2 Å². The second-order valence-electron chi connectivity index (χ2n) is 5.04. The summed E-state index contributed by atoms with van der Waals surface area (Å²) in [4.78, 5) is 0. The minimum atomic E-state index is -3.35. The molecule has 1 unspecified atom stereocenters. The first-order valence-electron chi connectivity index (χ1n) is 6.68. The van der Waals surface area contributed by atoms with Gasteiger partial charge in [0.15, 0.2) is 0 Å². The molecule has 2 N–H and O–H groups in total. The molecule has 0 bridgehead atoms. The van der Waals surface area contributed by atoms with Crippen molar-refractivity contribution in [2.45, 2.75) is 49.2 Å². The van der Waals surface area contributed by atoms with Gasteiger partial charge in [0.1, 0.15) is 4.21 Å². The number of rotatable bonds is 9. The highest BCUT2D eigenvalue weighted by Crippen LogP contribution is 2.20. The molecule has 1 heterocycles. The van der Waals surface area contributed by atoms with Gasteiger partial charge in [-0.15, -0.1) is 11.3 Å². The first kappa shape index (κ1) is 18.0. The fourth-order valence-electron chi connectivity index (χ4n) is 1.49. The average molecular weight is 337 g/mol. The average Bonchev–Trinajstić information content (AvgIpc) is 2.85. The van der Waals surface area contributed by atoms with Crippen LogP contribution in [0.3, 0.4) is 0 Å². The van der Waals surface area contributed by atoms with Crippen LogP contribution in [0.15, 0.2) is 15.7 Å². The van der Waals surface area contributed by atoms with E-state index in [1.54, 1.807) is 17.8 Å². The molecular formula is C13H24N2O2S3. The molecule has 0 aromatic carbocycles. The van der Waals surface area contributed by atoms with Crippen LogP contribution in [-0.2, 0) is 16.6 Å². The van der Waals surface area contributed by atoms with Crippen LogP contribution >= 0.6 is 23.1 Å².